The van der Waals surface area contributed by atoms with E-state index in [1.54, 1.807) is 48.9 Å². The lowest BCUT2D eigenvalue weighted by Crippen LogP contribution is -2.31. The Hall–Kier alpha value is -5.23. The third kappa shape index (κ3) is 5.28. The predicted molar refractivity (Wildman–Crippen MR) is 151 cm³/mol. The lowest BCUT2D eigenvalue weighted by Gasteiger charge is -2.27. The molecule has 0 radical (unpaired) electrons. The van der Waals surface area contributed by atoms with Gasteiger partial charge in [-0.15, -0.1) is 0 Å². The average molecular weight is 583 g/mol. The molecule has 0 amide bonds. The quantitative estimate of drug-likeness (QED) is 0.251. The second-order valence-corrected chi connectivity index (χ2v) is 10.3. The van der Waals surface area contributed by atoms with E-state index in [-0.39, 0.29) is 47.4 Å². The van der Waals surface area contributed by atoms with E-state index < -0.39 is 17.6 Å². The molecule has 1 aliphatic heterocycles. The van der Waals surface area contributed by atoms with Gasteiger partial charge >= 0.3 is 5.97 Å². The van der Waals surface area contributed by atoms with Gasteiger partial charge in [0, 0.05) is 43.2 Å². The summed E-state index contributed by atoms with van der Waals surface area (Å²) in [5.74, 6) is -1.60. The van der Waals surface area contributed by atoms with Crippen LogP contribution in [-0.2, 0) is 24.3 Å². The molecule has 1 N–H and O–H groups in total. The maximum absolute atomic E-state index is 15.5. The van der Waals surface area contributed by atoms with Gasteiger partial charge in [0.1, 0.15) is 24.1 Å². The van der Waals surface area contributed by atoms with Crippen LogP contribution >= 0.6 is 0 Å². The number of ether oxygens (including phenoxy) is 2. The van der Waals surface area contributed by atoms with E-state index in [0.29, 0.717) is 41.4 Å². The monoisotopic (exact) mass is 582 g/mol. The molecule has 12 heteroatoms. The molecule has 1 saturated heterocycles. The van der Waals surface area contributed by atoms with Crippen molar-refractivity contribution in [2.24, 2.45) is 0 Å². The first-order chi connectivity index (χ1) is 20.9. The van der Waals surface area contributed by atoms with Gasteiger partial charge in [-0.2, -0.15) is 0 Å². The number of benzene rings is 2. The molecule has 6 aromatic rings. The molecule has 0 bridgehead atoms. The van der Waals surface area contributed by atoms with Crippen LogP contribution in [0.15, 0.2) is 73.3 Å². The maximum atomic E-state index is 15.5. The predicted octanol–water partition coefficient (Wildman–Crippen LogP) is 5.08. The van der Waals surface area contributed by atoms with Gasteiger partial charge in [-0.05, 0) is 48.4 Å². The van der Waals surface area contributed by atoms with Gasteiger partial charge in [0.15, 0.2) is 5.65 Å². The summed E-state index contributed by atoms with van der Waals surface area (Å²) < 4.78 is 46.0. The molecule has 1 aliphatic rings. The molecule has 1 unspecified atom stereocenters. The van der Waals surface area contributed by atoms with E-state index in [4.69, 9.17) is 9.47 Å². The highest BCUT2D eigenvalue weighted by Gasteiger charge is 2.23. The van der Waals surface area contributed by atoms with Crippen LogP contribution in [0.5, 0.6) is 5.88 Å². The SMILES string of the molecule is O=C(O)c1ccc2nc(Cc3cc(F)c(-c4cccc(OCc5cn6ccncc6n5)n4)cc3F)n(CC3CCO3)c2c1. The Labute approximate surface area is 243 Å². The Morgan fingerprint density at radius 1 is 1.09 bits per heavy atom. The Bertz CT molecular complexity index is 1970. The van der Waals surface area contributed by atoms with E-state index in [2.05, 4.69) is 19.9 Å². The minimum absolute atomic E-state index is 0.00203. The summed E-state index contributed by atoms with van der Waals surface area (Å²) >= 11 is 0. The second-order valence-electron chi connectivity index (χ2n) is 10.3. The lowest BCUT2D eigenvalue weighted by molar-refractivity contribution is -0.0589. The number of fused-ring (bicyclic) bond motifs is 2. The van der Waals surface area contributed by atoms with E-state index in [0.717, 1.165) is 18.6 Å². The number of halogens is 2. The average Bonchev–Trinajstić information content (AvgIpc) is 3.55. The molecule has 0 saturated carbocycles. The Morgan fingerprint density at radius 3 is 2.77 bits per heavy atom. The van der Waals surface area contributed by atoms with Crippen LogP contribution in [0.25, 0.3) is 27.9 Å². The number of nitrogens with zero attached hydrogens (tertiary/aromatic N) is 6. The van der Waals surface area contributed by atoms with Crippen molar-refractivity contribution in [3.05, 3.63) is 108 Å². The molecule has 4 aromatic heterocycles. The highest BCUT2D eigenvalue weighted by atomic mass is 19.1. The van der Waals surface area contributed by atoms with E-state index >= 15 is 8.78 Å². The lowest BCUT2D eigenvalue weighted by atomic mass is 10.0. The van der Waals surface area contributed by atoms with Crippen LogP contribution in [0.2, 0.25) is 0 Å². The van der Waals surface area contributed by atoms with Gasteiger partial charge in [-0.25, -0.2) is 28.5 Å². The standard InChI is InChI=1S/C31H24F2N6O4/c32-23-13-22(25-2-1-3-30(37-25)43-17-20-15-38-8-7-34-14-29(38)35-20)24(33)10-19(23)12-28-36-26-5-4-18(31(40)41)11-27(26)39(28)16-21-6-9-42-21/h1-5,7-8,10-11,13-15,21H,6,9,12,16-17H2,(H,40,41). The second kappa shape index (κ2) is 10.9. The summed E-state index contributed by atoms with van der Waals surface area (Å²) in [6.07, 6.45) is 7.67. The number of imidazole rings is 2. The summed E-state index contributed by atoms with van der Waals surface area (Å²) in [5, 5.41) is 9.47. The van der Waals surface area contributed by atoms with Crippen LogP contribution in [0.3, 0.4) is 0 Å². The number of pyridine rings is 1. The van der Waals surface area contributed by atoms with E-state index in [9.17, 15) is 9.90 Å². The highest BCUT2D eigenvalue weighted by Crippen LogP contribution is 2.29. The van der Waals surface area contributed by atoms with Crippen molar-refractivity contribution >= 4 is 22.6 Å². The number of carboxylic acid groups (broad SMARTS) is 1. The van der Waals surface area contributed by atoms with Crippen molar-refractivity contribution in [3.8, 4) is 17.1 Å². The minimum atomic E-state index is -1.06. The Kier molecular flexibility index (Phi) is 6.74. The van der Waals surface area contributed by atoms with Gasteiger partial charge < -0.3 is 23.5 Å². The number of aromatic nitrogens is 6. The first-order valence-electron chi connectivity index (χ1n) is 13.6. The van der Waals surface area contributed by atoms with Crippen molar-refractivity contribution < 1.29 is 28.2 Å². The van der Waals surface area contributed by atoms with Crippen LogP contribution in [-0.4, -0.2) is 52.7 Å². The van der Waals surface area contributed by atoms with Crippen LogP contribution in [0.1, 0.15) is 33.9 Å². The molecule has 43 heavy (non-hydrogen) atoms. The number of hydrogen-bond donors (Lipinski definition) is 1. The zero-order valence-electron chi connectivity index (χ0n) is 22.7. The molecule has 0 spiro atoms. The van der Waals surface area contributed by atoms with Crippen molar-refractivity contribution in [1.82, 2.24) is 28.9 Å². The Balaban J connectivity index is 1.15. The van der Waals surface area contributed by atoms with Gasteiger partial charge in [-0.1, -0.05) is 6.07 Å². The first-order valence-corrected chi connectivity index (χ1v) is 13.6. The number of hydrogen-bond acceptors (Lipinski definition) is 7. The minimum Gasteiger partial charge on any atom is -0.478 e. The summed E-state index contributed by atoms with van der Waals surface area (Å²) in [5.41, 5.74) is 2.95. The van der Waals surface area contributed by atoms with Gasteiger partial charge in [-0.3, -0.25) is 4.98 Å². The van der Waals surface area contributed by atoms with Gasteiger partial charge in [0.2, 0.25) is 5.88 Å². The van der Waals surface area contributed by atoms with Crippen LogP contribution in [0.4, 0.5) is 8.78 Å². The molecule has 10 nitrogen and oxygen atoms in total. The topological polar surface area (TPSA) is 117 Å². The number of rotatable bonds is 9. The highest BCUT2D eigenvalue weighted by molar-refractivity contribution is 5.92. The van der Waals surface area contributed by atoms with Crippen molar-refractivity contribution in [3.63, 3.8) is 0 Å². The van der Waals surface area contributed by atoms with Crippen molar-refractivity contribution in [2.75, 3.05) is 6.61 Å². The first kappa shape index (κ1) is 26.7. The van der Waals surface area contributed by atoms with E-state index in [1.807, 2.05) is 15.2 Å². The fourth-order valence-corrected chi connectivity index (χ4v) is 5.12. The smallest absolute Gasteiger partial charge is 0.335 e. The van der Waals surface area contributed by atoms with Gasteiger partial charge in [0.25, 0.3) is 0 Å². The van der Waals surface area contributed by atoms with Crippen molar-refractivity contribution in [1.29, 1.82) is 0 Å². The zero-order valence-corrected chi connectivity index (χ0v) is 22.7. The van der Waals surface area contributed by atoms with Gasteiger partial charge in [0.05, 0.1) is 46.8 Å². The normalized spacial score (nSPS) is 14.7. The van der Waals surface area contributed by atoms with Crippen molar-refractivity contribution in [2.45, 2.75) is 32.1 Å². The van der Waals surface area contributed by atoms with Crippen LogP contribution in [0, 0.1) is 11.6 Å². The molecule has 216 valence electrons. The number of carbonyl (C=O) groups is 1. The summed E-state index contributed by atoms with van der Waals surface area (Å²) in [7, 11) is 0. The molecular weight excluding hydrogens is 558 g/mol. The molecular formula is C31H24F2N6O4. The number of aromatic carboxylic acids is 1. The zero-order chi connectivity index (χ0) is 29.5. The molecule has 2 aromatic carbocycles. The third-order valence-corrected chi connectivity index (χ3v) is 7.42. The molecule has 5 heterocycles. The Morgan fingerprint density at radius 2 is 1.98 bits per heavy atom. The van der Waals surface area contributed by atoms with Crippen LogP contribution < -0.4 is 4.74 Å². The molecule has 7 rings (SSSR count). The fourth-order valence-electron chi connectivity index (χ4n) is 5.12. The fraction of sp³-hybridized carbons (Fsp3) is 0.194. The summed E-state index contributed by atoms with van der Waals surface area (Å²) in [4.78, 5) is 29.1. The van der Waals surface area contributed by atoms with E-state index in [1.165, 1.54) is 6.07 Å². The largest absolute Gasteiger partial charge is 0.478 e. The molecule has 1 atom stereocenters. The summed E-state index contributed by atoms with van der Waals surface area (Å²) in [6.45, 7) is 1.21. The molecule has 0 aliphatic carbocycles. The number of carboxylic acids is 1. The molecule has 1 fully saturated rings. The third-order valence-electron chi connectivity index (χ3n) is 7.42. The summed E-state index contributed by atoms with van der Waals surface area (Å²) in [6, 6.07) is 11.8. The maximum Gasteiger partial charge on any atom is 0.335 e.